The molecule has 0 saturated heterocycles. The van der Waals surface area contributed by atoms with Crippen LogP contribution in [0.25, 0.3) is 0 Å². The largest absolute Gasteiger partial charge is 0.496 e. The van der Waals surface area contributed by atoms with E-state index >= 15 is 0 Å². The summed E-state index contributed by atoms with van der Waals surface area (Å²) in [7, 11) is 1.30. The Bertz CT molecular complexity index is 411. The molecule has 0 radical (unpaired) electrons. The van der Waals surface area contributed by atoms with Gasteiger partial charge < -0.3 is 9.84 Å². The molecule has 0 atom stereocenters. The zero-order valence-corrected chi connectivity index (χ0v) is 9.67. The summed E-state index contributed by atoms with van der Waals surface area (Å²) in [5, 5.41) is 8.58. The topological polar surface area (TPSA) is 46.5 Å². The van der Waals surface area contributed by atoms with Crippen molar-refractivity contribution in [1.82, 2.24) is 0 Å². The van der Waals surface area contributed by atoms with E-state index in [1.807, 2.05) is 0 Å². The molecule has 1 N–H and O–H groups in total. The van der Waals surface area contributed by atoms with Crippen LogP contribution in [-0.4, -0.2) is 18.2 Å². The van der Waals surface area contributed by atoms with Crippen molar-refractivity contribution in [2.24, 2.45) is 0 Å². The summed E-state index contributed by atoms with van der Waals surface area (Å²) in [6.45, 7) is 0.784. The lowest BCUT2D eigenvalue weighted by Crippen LogP contribution is -2.11. The molecule has 0 amide bonds. The van der Waals surface area contributed by atoms with E-state index in [-0.39, 0.29) is 24.2 Å². The van der Waals surface area contributed by atoms with Gasteiger partial charge in [0.05, 0.1) is 12.7 Å². The number of rotatable bonds is 5. The molecule has 0 saturated carbocycles. The summed E-state index contributed by atoms with van der Waals surface area (Å²) in [4.78, 5) is 10.5. The molecule has 0 aliphatic carbocycles. The Morgan fingerprint density at radius 2 is 2.12 bits per heavy atom. The zero-order chi connectivity index (χ0) is 13.1. The van der Waals surface area contributed by atoms with Crippen LogP contribution in [0, 0.1) is 0 Å². The Morgan fingerprint density at radius 3 is 2.59 bits per heavy atom. The third kappa shape index (κ3) is 3.41. The van der Waals surface area contributed by atoms with Crippen LogP contribution in [0.2, 0.25) is 0 Å². The summed E-state index contributed by atoms with van der Waals surface area (Å²) in [6.07, 6.45) is 0.0531. The van der Waals surface area contributed by atoms with E-state index < -0.39 is 11.9 Å². The zero-order valence-electron chi connectivity index (χ0n) is 9.67. The minimum atomic E-state index is -3.01. The molecule has 0 aliphatic heterocycles. The lowest BCUT2D eigenvalue weighted by atomic mass is 10.0. The molecule has 17 heavy (non-hydrogen) atoms. The van der Waals surface area contributed by atoms with Gasteiger partial charge in [-0.25, -0.2) is 8.78 Å². The van der Waals surface area contributed by atoms with E-state index in [1.165, 1.54) is 19.2 Å². The highest BCUT2D eigenvalue weighted by Crippen LogP contribution is 2.36. The lowest BCUT2D eigenvalue weighted by Gasteiger charge is -2.17. The Balaban J connectivity index is 3.10. The number of methoxy groups -OCH3 is 1. The number of carboxylic acid groups (broad SMARTS) is 1. The summed E-state index contributed by atoms with van der Waals surface area (Å²) < 4.78 is 31.5. The highest BCUT2D eigenvalue weighted by molar-refractivity contribution is 5.67. The third-order valence-corrected chi connectivity index (χ3v) is 2.38. The van der Waals surface area contributed by atoms with Crippen molar-refractivity contribution in [3.63, 3.8) is 0 Å². The van der Waals surface area contributed by atoms with Gasteiger partial charge in [-0.3, -0.25) is 4.79 Å². The predicted molar refractivity (Wildman–Crippen MR) is 58.5 cm³/mol. The molecule has 0 fully saturated rings. The molecular weight excluding hydrogens is 230 g/mol. The minimum Gasteiger partial charge on any atom is -0.496 e. The maximum Gasteiger partial charge on any atom is 0.303 e. The molecule has 1 aromatic rings. The van der Waals surface area contributed by atoms with Gasteiger partial charge in [-0.15, -0.1) is 0 Å². The number of alkyl halides is 2. The Morgan fingerprint density at radius 1 is 1.47 bits per heavy atom. The van der Waals surface area contributed by atoms with Gasteiger partial charge >= 0.3 is 5.97 Å². The monoisotopic (exact) mass is 244 g/mol. The summed E-state index contributed by atoms with van der Waals surface area (Å²) in [5.41, 5.74) is 0.261. The van der Waals surface area contributed by atoms with Crippen LogP contribution >= 0.6 is 0 Å². The van der Waals surface area contributed by atoms with E-state index in [4.69, 9.17) is 9.84 Å². The molecule has 0 spiro atoms. The molecule has 0 heterocycles. The van der Waals surface area contributed by atoms with Gasteiger partial charge in [0, 0.05) is 13.3 Å². The van der Waals surface area contributed by atoms with Crippen LogP contribution in [0.4, 0.5) is 8.78 Å². The summed E-state index contributed by atoms with van der Waals surface area (Å²) >= 11 is 0. The fourth-order valence-electron chi connectivity index (χ4n) is 1.61. The van der Waals surface area contributed by atoms with E-state index in [9.17, 15) is 13.6 Å². The first kappa shape index (κ1) is 13.4. The molecule has 5 heteroatoms. The van der Waals surface area contributed by atoms with Gasteiger partial charge in [0.25, 0.3) is 5.92 Å². The molecule has 1 rings (SSSR count). The fourth-order valence-corrected chi connectivity index (χ4v) is 1.61. The number of aryl methyl sites for hydroxylation is 1. The van der Waals surface area contributed by atoms with Gasteiger partial charge in [0.2, 0.25) is 0 Å². The second-order valence-electron chi connectivity index (χ2n) is 3.78. The second-order valence-corrected chi connectivity index (χ2v) is 3.78. The second kappa shape index (κ2) is 5.12. The van der Waals surface area contributed by atoms with Gasteiger partial charge in [-0.05, 0) is 18.1 Å². The van der Waals surface area contributed by atoms with Crippen molar-refractivity contribution in [2.75, 3.05) is 7.11 Å². The quantitative estimate of drug-likeness (QED) is 0.866. The lowest BCUT2D eigenvalue weighted by molar-refractivity contribution is -0.136. The number of aliphatic carboxylic acids is 1. The van der Waals surface area contributed by atoms with Crippen molar-refractivity contribution in [1.29, 1.82) is 0 Å². The SMILES string of the molecule is COc1c(CCC(=O)O)cccc1C(C)(F)F. The first-order valence-electron chi connectivity index (χ1n) is 5.12. The number of halogens is 2. The summed E-state index contributed by atoms with van der Waals surface area (Å²) in [5.74, 6) is -3.91. The normalized spacial score (nSPS) is 11.3. The predicted octanol–water partition coefficient (Wildman–Crippen LogP) is 2.82. The number of carboxylic acids is 1. The fraction of sp³-hybridized carbons (Fsp3) is 0.417. The number of ether oxygens (including phenoxy) is 1. The van der Waals surface area contributed by atoms with Crippen LogP contribution in [0.3, 0.4) is 0 Å². The van der Waals surface area contributed by atoms with E-state index in [0.29, 0.717) is 5.56 Å². The number of benzene rings is 1. The Kier molecular flexibility index (Phi) is 4.04. The van der Waals surface area contributed by atoms with Crippen LogP contribution in [0.5, 0.6) is 5.75 Å². The Hall–Kier alpha value is -1.65. The van der Waals surface area contributed by atoms with Crippen LogP contribution in [0.1, 0.15) is 24.5 Å². The number of hydrogen-bond donors (Lipinski definition) is 1. The first-order valence-corrected chi connectivity index (χ1v) is 5.12. The number of para-hydroxylation sites is 1. The van der Waals surface area contributed by atoms with Gasteiger partial charge in [0.1, 0.15) is 5.75 Å². The van der Waals surface area contributed by atoms with Crippen molar-refractivity contribution >= 4 is 5.97 Å². The third-order valence-electron chi connectivity index (χ3n) is 2.38. The summed E-state index contributed by atoms with van der Waals surface area (Å²) in [6, 6.07) is 4.35. The first-order chi connectivity index (χ1) is 7.86. The van der Waals surface area contributed by atoms with Crippen molar-refractivity contribution in [3.05, 3.63) is 29.3 Å². The molecular formula is C12H14F2O3. The van der Waals surface area contributed by atoms with Gasteiger partial charge in [-0.1, -0.05) is 12.1 Å². The molecule has 0 bridgehead atoms. The molecule has 3 nitrogen and oxygen atoms in total. The maximum atomic E-state index is 13.3. The standard InChI is InChI=1S/C12H14F2O3/c1-12(13,14)9-5-3-4-8(11(9)17-2)6-7-10(15)16/h3-5H,6-7H2,1-2H3,(H,15,16). The maximum absolute atomic E-state index is 13.3. The minimum absolute atomic E-state index is 0.0706. The average molecular weight is 244 g/mol. The molecule has 94 valence electrons. The van der Waals surface area contributed by atoms with Crippen molar-refractivity contribution in [3.8, 4) is 5.75 Å². The smallest absolute Gasteiger partial charge is 0.303 e. The van der Waals surface area contributed by atoms with Gasteiger partial charge in [-0.2, -0.15) is 0 Å². The molecule has 1 aromatic carbocycles. The number of carbonyl (C=O) groups is 1. The van der Waals surface area contributed by atoms with E-state index in [1.54, 1.807) is 6.07 Å². The number of hydrogen-bond acceptors (Lipinski definition) is 2. The van der Waals surface area contributed by atoms with Crippen LogP contribution < -0.4 is 4.74 Å². The van der Waals surface area contributed by atoms with E-state index in [2.05, 4.69) is 0 Å². The van der Waals surface area contributed by atoms with Crippen LogP contribution in [0.15, 0.2) is 18.2 Å². The van der Waals surface area contributed by atoms with Crippen LogP contribution in [-0.2, 0) is 17.1 Å². The Labute approximate surface area is 98.0 Å². The molecule has 0 aromatic heterocycles. The highest BCUT2D eigenvalue weighted by Gasteiger charge is 2.29. The highest BCUT2D eigenvalue weighted by atomic mass is 19.3. The molecule has 0 unspecified atom stereocenters. The molecule has 0 aliphatic rings. The van der Waals surface area contributed by atoms with E-state index in [0.717, 1.165) is 6.92 Å². The van der Waals surface area contributed by atoms with Crippen molar-refractivity contribution in [2.45, 2.75) is 25.7 Å². The average Bonchev–Trinajstić information content (AvgIpc) is 2.24. The van der Waals surface area contributed by atoms with Gasteiger partial charge in [0.15, 0.2) is 0 Å². The van der Waals surface area contributed by atoms with Crippen molar-refractivity contribution < 1.29 is 23.4 Å².